The average molecular weight is 248 g/mol. The number of ether oxygens (including phenoxy) is 1. The maximum atomic E-state index is 6.21. The van der Waals surface area contributed by atoms with Gasteiger partial charge in [0.15, 0.2) is 5.82 Å². The average Bonchev–Trinajstić information content (AvgIpc) is 2.84. The number of rotatable bonds is 4. The normalized spacial score (nSPS) is 18.4. The Labute approximate surface area is 101 Å². The molecule has 92 valence electrons. The summed E-state index contributed by atoms with van der Waals surface area (Å²) >= 11 is 0. The van der Waals surface area contributed by atoms with Crippen molar-refractivity contribution in [1.82, 2.24) is 10.1 Å². The van der Waals surface area contributed by atoms with Crippen molar-refractivity contribution in [3.8, 4) is 0 Å². The Morgan fingerprint density at radius 1 is 1.44 bits per heavy atom. The lowest BCUT2D eigenvalue weighted by Crippen LogP contribution is -2.34. The van der Waals surface area contributed by atoms with E-state index in [1.165, 1.54) is 0 Å². The molecule has 0 bridgehead atoms. The van der Waals surface area contributed by atoms with Crippen molar-refractivity contribution < 1.29 is 9.26 Å². The van der Waals surface area contributed by atoms with E-state index in [4.69, 9.17) is 15.0 Å². The highest BCUT2D eigenvalue weighted by Crippen LogP contribution is 2.34. The minimum Gasteiger partial charge on any atom is -0.384 e. The van der Waals surface area contributed by atoms with Crippen LogP contribution in [0, 0.1) is 0 Å². The molecule has 1 saturated carbocycles. The summed E-state index contributed by atoms with van der Waals surface area (Å²) in [6, 6.07) is 0. The molecule has 1 heterocycles. The zero-order valence-corrected chi connectivity index (χ0v) is 10.3. The molecule has 1 aromatic rings. The summed E-state index contributed by atoms with van der Waals surface area (Å²) in [6.07, 6.45) is 4.86. The van der Waals surface area contributed by atoms with Gasteiger partial charge in [-0.05, 0) is 12.8 Å². The topological polar surface area (TPSA) is 74.2 Å². The second-order valence-electron chi connectivity index (χ2n) is 4.12. The highest BCUT2D eigenvalue weighted by Gasteiger charge is 2.35. The van der Waals surface area contributed by atoms with E-state index in [1.807, 2.05) is 0 Å². The van der Waals surface area contributed by atoms with Crippen LogP contribution < -0.4 is 5.73 Å². The minimum absolute atomic E-state index is 0. The Bertz CT molecular complexity index is 324. The molecule has 0 spiro atoms. The Kier molecular flexibility index (Phi) is 4.70. The molecule has 1 aliphatic rings. The fraction of sp³-hybridized carbons (Fsp3) is 0.800. The van der Waals surface area contributed by atoms with Gasteiger partial charge in [0, 0.05) is 7.11 Å². The van der Waals surface area contributed by atoms with E-state index >= 15 is 0 Å². The highest BCUT2D eigenvalue weighted by atomic mass is 35.5. The Hall–Kier alpha value is -0.650. The first-order valence-corrected chi connectivity index (χ1v) is 5.35. The number of aromatic nitrogens is 2. The third-order valence-corrected chi connectivity index (χ3v) is 2.93. The zero-order chi connectivity index (χ0) is 10.7. The monoisotopic (exact) mass is 247 g/mol. The first-order chi connectivity index (χ1) is 7.24. The quantitative estimate of drug-likeness (QED) is 0.871. The maximum Gasteiger partial charge on any atom is 0.229 e. The lowest BCUT2D eigenvalue weighted by atomic mass is 9.99. The summed E-state index contributed by atoms with van der Waals surface area (Å²) in [6.45, 7) is 0.596. The van der Waals surface area contributed by atoms with Crippen LogP contribution >= 0.6 is 12.4 Å². The van der Waals surface area contributed by atoms with Crippen LogP contribution in [0.3, 0.4) is 0 Å². The molecule has 1 fully saturated rings. The Morgan fingerprint density at radius 2 is 2.12 bits per heavy atom. The van der Waals surface area contributed by atoms with Crippen molar-refractivity contribution in [3.63, 3.8) is 0 Å². The Balaban J connectivity index is 0.00000128. The van der Waals surface area contributed by atoms with Gasteiger partial charge >= 0.3 is 0 Å². The SMILES string of the molecule is COCCc1nc(C2(N)CCCC2)no1.Cl. The third-order valence-electron chi connectivity index (χ3n) is 2.93. The summed E-state index contributed by atoms with van der Waals surface area (Å²) < 4.78 is 10.1. The van der Waals surface area contributed by atoms with Crippen molar-refractivity contribution in [1.29, 1.82) is 0 Å². The lowest BCUT2D eigenvalue weighted by Gasteiger charge is -2.17. The maximum absolute atomic E-state index is 6.21. The van der Waals surface area contributed by atoms with E-state index in [9.17, 15) is 0 Å². The molecule has 2 N–H and O–H groups in total. The molecular weight excluding hydrogens is 230 g/mol. The van der Waals surface area contributed by atoms with Crippen molar-refractivity contribution in [2.75, 3.05) is 13.7 Å². The largest absolute Gasteiger partial charge is 0.384 e. The van der Waals surface area contributed by atoms with Gasteiger partial charge in [-0.25, -0.2) is 0 Å². The van der Waals surface area contributed by atoms with E-state index in [0.29, 0.717) is 24.7 Å². The summed E-state index contributed by atoms with van der Waals surface area (Å²) in [4.78, 5) is 4.32. The minimum atomic E-state index is -0.352. The van der Waals surface area contributed by atoms with Crippen LogP contribution in [-0.4, -0.2) is 23.9 Å². The number of methoxy groups -OCH3 is 1. The number of halogens is 1. The van der Waals surface area contributed by atoms with Crippen LogP contribution in [-0.2, 0) is 16.7 Å². The van der Waals surface area contributed by atoms with Gasteiger partial charge < -0.3 is 15.0 Å². The van der Waals surface area contributed by atoms with E-state index in [0.717, 1.165) is 25.7 Å². The third kappa shape index (κ3) is 2.72. The molecule has 0 atom stereocenters. The highest BCUT2D eigenvalue weighted by molar-refractivity contribution is 5.85. The van der Waals surface area contributed by atoms with Gasteiger partial charge in [-0.2, -0.15) is 4.98 Å². The predicted molar refractivity (Wildman–Crippen MR) is 61.5 cm³/mol. The van der Waals surface area contributed by atoms with Crippen LogP contribution in [0.4, 0.5) is 0 Å². The van der Waals surface area contributed by atoms with Gasteiger partial charge in [0.25, 0.3) is 0 Å². The fourth-order valence-electron chi connectivity index (χ4n) is 1.98. The molecule has 0 unspecified atom stereocenters. The first kappa shape index (κ1) is 13.4. The lowest BCUT2D eigenvalue weighted by molar-refractivity contribution is 0.192. The second-order valence-corrected chi connectivity index (χ2v) is 4.12. The van der Waals surface area contributed by atoms with Crippen molar-refractivity contribution in [2.24, 2.45) is 5.73 Å². The molecule has 2 rings (SSSR count). The molecule has 1 aromatic heterocycles. The molecule has 5 nitrogen and oxygen atoms in total. The first-order valence-electron chi connectivity index (χ1n) is 5.35. The predicted octanol–water partition coefficient (Wildman–Crippen LogP) is 1.41. The summed E-state index contributed by atoms with van der Waals surface area (Å²) in [7, 11) is 1.65. The van der Waals surface area contributed by atoms with E-state index in [2.05, 4.69) is 10.1 Å². The number of hydrogen-bond acceptors (Lipinski definition) is 5. The van der Waals surface area contributed by atoms with Crippen LogP contribution in [0.1, 0.15) is 37.4 Å². The summed E-state index contributed by atoms with van der Waals surface area (Å²) in [5, 5.41) is 3.96. The fourth-order valence-corrected chi connectivity index (χ4v) is 1.98. The van der Waals surface area contributed by atoms with E-state index in [1.54, 1.807) is 7.11 Å². The zero-order valence-electron chi connectivity index (χ0n) is 9.44. The van der Waals surface area contributed by atoms with Crippen molar-refractivity contribution in [3.05, 3.63) is 11.7 Å². The molecule has 0 radical (unpaired) electrons. The van der Waals surface area contributed by atoms with Gasteiger partial charge in [-0.3, -0.25) is 0 Å². The molecule has 0 aliphatic heterocycles. The van der Waals surface area contributed by atoms with Crippen molar-refractivity contribution in [2.45, 2.75) is 37.6 Å². The molecule has 6 heteroatoms. The standard InChI is InChI=1S/C10H17N3O2.ClH/c1-14-7-4-8-12-9(13-15-8)10(11)5-2-3-6-10;/h2-7,11H2,1H3;1H. The number of hydrogen-bond donors (Lipinski definition) is 1. The smallest absolute Gasteiger partial charge is 0.229 e. The van der Waals surface area contributed by atoms with Crippen LogP contribution in [0.2, 0.25) is 0 Å². The molecule has 0 amide bonds. The number of nitrogens with zero attached hydrogens (tertiary/aromatic N) is 2. The van der Waals surface area contributed by atoms with Gasteiger partial charge in [0.1, 0.15) is 0 Å². The van der Waals surface area contributed by atoms with E-state index in [-0.39, 0.29) is 17.9 Å². The molecule has 0 saturated heterocycles. The summed E-state index contributed by atoms with van der Waals surface area (Å²) in [5.41, 5.74) is 5.85. The van der Waals surface area contributed by atoms with Crippen molar-refractivity contribution >= 4 is 12.4 Å². The van der Waals surface area contributed by atoms with Gasteiger partial charge in [0.2, 0.25) is 5.89 Å². The molecule has 1 aliphatic carbocycles. The number of nitrogens with two attached hydrogens (primary N) is 1. The molecular formula is C10H18ClN3O2. The van der Waals surface area contributed by atoms with E-state index < -0.39 is 0 Å². The summed E-state index contributed by atoms with van der Waals surface area (Å²) in [5.74, 6) is 1.27. The second kappa shape index (κ2) is 5.61. The van der Waals surface area contributed by atoms with Gasteiger partial charge in [-0.1, -0.05) is 18.0 Å². The van der Waals surface area contributed by atoms with Crippen LogP contribution in [0.25, 0.3) is 0 Å². The van der Waals surface area contributed by atoms with Crippen LogP contribution in [0.15, 0.2) is 4.52 Å². The Morgan fingerprint density at radius 3 is 2.75 bits per heavy atom. The van der Waals surface area contributed by atoms with Gasteiger partial charge in [0.05, 0.1) is 18.6 Å². The molecule has 0 aromatic carbocycles. The van der Waals surface area contributed by atoms with Gasteiger partial charge in [-0.15, -0.1) is 12.4 Å². The molecule has 16 heavy (non-hydrogen) atoms. The van der Waals surface area contributed by atoms with Crippen LogP contribution in [0.5, 0.6) is 0 Å².